The van der Waals surface area contributed by atoms with E-state index < -0.39 is 17.7 Å². The van der Waals surface area contributed by atoms with Gasteiger partial charge in [-0.2, -0.15) is 0 Å². The van der Waals surface area contributed by atoms with Crippen LogP contribution >= 0.6 is 0 Å². The van der Waals surface area contributed by atoms with Crippen LogP contribution in [0.5, 0.6) is 11.5 Å². The van der Waals surface area contributed by atoms with Crippen LogP contribution in [0, 0.1) is 5.92 Å². The summed E-state index contributed by atoms with van der Waals surface area (Å²) in [5, 5.41) is 19.2. The number of carbonyl (C=O) groups is 2. The first kappa shape index (κ1) is 18.7. The summed E-state index contributed by atoms with van der Waals surface area (Å²) in [6.45, 7) is 5.90. The molecule has 0 unspecified atom stereocenters. The second kappa shape index (κ2) is 8.98. The largest absolute Gasteiger partial charge is 0.508 e. The number of phenols is 2. The highest BCUT2D eigenvalue weighted by atomic mass is 16.5. The quantitative estimate of drug-likeness (QED) is 0.331. The lowest BCUT2D eigenvalue weighted by atomic mass is 9.93. The van der Waals surface area contributed by atoms with Crippen molar-refractivity contribution in [1.29, 1.82) is 0 Å². The van der Waals surface area contributed by atoms with Gasteiger partial charge in [-0.3, -0.25) is 9.59 Å². The van der Waals surface area contributed by atoms with Gasteiger partial charge in [0.25, 0.3) is 0 Å². The maximum Gasteiger partial charge on any atom is 0.309 e. The van der Waals surface area contributed by atoms with E-state index in [1.54, 1.807) is 6.92 Å². The minimum Gasteiger partial charge on any atom is -0.508 e. The van der Waals surface area contributed by atoms with E-state index in [2.05, 4.69) is 0 Å². The first-order valence-electron chi connectivity index (χ1n) is 7.70. The summed E-state index contributed by atoms with van der Waals surface area (Å²) in [5.74, 6) is -1.70. The Morgan fingerprint density at radius 1 is 1.26 bits per heavy atom. The van der Waals surface area contributed by atoms with E-state index in [0.29, 0.717) is 12.8 Å². The molecule has 0 fully saturated rings. The first-order chi connectivity index (χ1) is 10.8. The molecule has 0 aliphatic rings. The molecular formula is C18H24O5. The van der Waals surface area contributed by atoms with Gasteiger partial charge in [-0.15, -0.1) is 0 Å². The Hall–Kier alpha value is -2.30. The second-order valence-corrected chi connectivity index (χ2v) is 5.64. The van der Waals surface area contributed by atoms with Crippen molar-refractivity contribution in [2.24, 2.45) is 5.92 Å². The van der Waals surface area contributed by atoms with Crippen molar-refractivity contribution >= 4 is 11.8 Å². The number of aromatic hydroxyl groups is 2. The van der Waals surface area contributed by atoms with Crippen molar-refractivity contribution in [3.05, 3.63) is 35.4 Å². The summed E-state index contributed by atoms with van der Waals surface area (Å²) in [4.78, 5) is 24.4. The highest BCUT2D eigenvalue weighted by Crippen LogP contribution is 2.26. The van der Waals surface area contributed by atoms with Gasteiger partial charge < -0.3 is 14.9 Å². The highest BCUT2D eigenvalue weighted by molar-refractivity contribution is 6.00. The third-order valence-electron chi connectivity index (χ3n) is 3.40. The van der Waals surface area contributed by atoms with Crippen molar-refractivity contribution in [1.82, 2.24) is 0 Å². The fourth-order valence-corrected chi connectivity index (χ4v) is 2.22. The molecule has 0 aliphatic carbocycles. The SMILES string of the molecule is CCOC(=O)[C@@H](CCC=C(C)C)CC(=O)c1cc(O)ccc1O. The van der Waals surface area contributed by atoms with E-state index >= 15 is 0 Å². The van der Waals surface area contributed by atoms with Gasteiger partial charge in [-0.05, 0) is 51.8 Å². The van der Waals surface area contributed by atoms with Crippen molar-refractivity contribution in [3.63, 3.8) is 0 Å². The highest BCUT2D eigenvalue weighted by Gasteiger charge is 2.24. The van der Waals surface area contributed by atoms with Crippen molar-refractivity contribution in [2.45, 2.75) is 40.0 Å². The minimum absolute atomic E-state index is 0.0153. The Balaban J connectivity index is 2.86. The molecule has 0 bridgehead atoms. The second-order valence-electron chi connectivity index (χ2n) is 5.64. The molecule has 0 saturated heterocycles. The molecule has 1 aromatic rings. The molecule has 1 aromatic carbocycles. The number of ether oxygens (including phenoxy) is 1. The predicted molar refractivity (Wildman–Crippen MR) is 87.5 cm³/mol. The Kier molecular flexibility index (Phi) is 7.32. The number of hydrogen-bond acceptors (Lipinski definition) is 5. The van der Waals surface area contributed by atoms with Gasteiger partial charge in [-0.1, -0.05) is 11.6 Å². The van der Waals surface area contributed by atoms with Crippen LogP contribution in [0.25, 0.3) is 0 Å². The fraction of sp³-hybridized carbons (Fsp3) is 0.444. The molecule has 0 amide bonds. The average molecular weight is 320 g/mol. The van der Waals surface area contributed by atoms with Crippen LogP contribution in [0.2, 0.25) is 0 Å². The summed E-state index contributed by atoms with van der Waals surface area (Å²) in [7, 11) is 0. The summed E-state index contributed by atoms with van der Waals surface area (Å²) in [5.41, 5.74) is 1.16. The molecule has 23 heavy (non-hydrogen) atoms. The van der Waals surface area contributed by atoms with E-state index in [0.717, 1.165) is 5.57 Å². The molecule has 0 saturated carbocycles. The Labute approximate surface area is 136 Å². The van der Waals surface area contributed by atoms with Crippen LogP contribution in [0.1, 0.15) is 50.4 Å². The molecule has 1 atom stereocenters. The third kappa shape index (κ3) is 6.14. The van der Waals surface area contributed by atoms with Crippen LogP contribution in [-0.4, -0.2) is 28.6 Å². The van der Waals surface area contributed by atoms with Crippen molar-refractivity contribution < 1.29 is 24.5 Å². The molecule has 2 N–H and O–H groups in total. The smallest absolute Gasteiger partial charge is 0.309 e. The molecule has 0 spiro atoms. The summed E-state index contributed by atoms with van der Waals surface area (Å²) in [6, 6.07) is 3.75. The average Bonchev–Trinajstić information content (AvgIpc) is 2.48. The Morgan fingerprint density at radius 3 is 2.57 bits per heavy atom. The van der Waals surface area contributed by atoms with Gasteiger partial charge >= 0.3 is 5.97 Å². The minimum atomic E-state index is -0.570. The van der Waals surface area contributed by atoms with Gasteiger partial charge in [0, 0.05) is 6.42 Å². The van der Waals surface area contributed by atoms with Crippen LogP contribution in [0.4, 0.5) is 0 Å². The number of rotatable bonds is 8. The Bertz CT molecular complexity index is 585. The first-order valence-corrected chi connectivity index (χ1v) is 7.70. The molecule has 0 aromatic heterocycles. The van der Waals surface area contributed by atoms with Gasteiger partial charge in [0.1, 0.15) is 11.5 Å². The number of carbonyl (C=O) groups excluding carboxylic acids is 2. The molecule has 126 valence electrons. The zero-order valence-corrected chi connectivity index (χ0v) is 13.8. The predicted octanol–water partition coefficient (Wildman–Crippen LogP) is 3.60. The van der Waals surface area contributed by atoms with E-state index in [-0.39, 0.29) is 30.1 Å². The van der Waals surface area contributed by atoms with Crippen molar-refractivity contribution in [2.75, 3.05) is 6.61 Å². The normalized spacial score (nSPS) is 11.6. The fourth-order valence-electron chi connectivity index (χ4n) is 2.22. The lowest BCUT2D eigenvalue weighted by Crippen LogP contribution is -2.21. The van der Waals surface area contributed by atoms with Crippen LogP contribution in [-0.2, 0) is 9.53 Å². The van der Waals surface area contributed by atoms with Gasteiger partial charge in [-0.25, -0.2) is 0 Å². The molecule has 0 heterocycles. The monoisotopic (exact) mass is 320 g/mol. The van der Waals surface area contributed by atoms with Gasteiger partial charge in [0.2, 0.25) is 0 Å². The molecule has 5 nitrogen and oxygen atoms in total. The number of esters is 1. The molecule has 5 heteroatoms. The third-order valence-corrected chi connectivity index (χ3v) is 3.40. The molecule has 0 aliphatic heterocycles. The number of Topliss-reactive ketones (excluding diaryl/α,β-unsaturated/α-hetero) is 1. The van der Waals surface area contributed by atoms with Crippen LogP contribution in [0.3, 0.4) is 0 Å². The number of phenolic OH excluding ortho intramolecular Hbond substituents is 2. The van der Waals surface area contributed by atoms with E-state index in [1.165, 1.54) is 18.2 Å². The van der Waals surface area contributed by atoms with E-state index in [1.807, 2.05) is 19.9 Å². The lowest BCUT2D eigenvalue weighted by Gasteiger charge is -2.14. The molecule has 1 rings (SSSR count). The van der Waals surface area contributed by atoms with E-state index in [9.17, 15) is 19.8 Å². The zero-order chi connectivity index (χ0) is 17.4. The lowest BCUT2D eigenvalue weighted by molar-refractivity contribution is -0.148. The number of ketones is 1. The summed E-state index contributed by atoms with van der Waals surface area (Å²) in [6.07, 6.45) is 3.11. The van der Waals surface area contributed by atoms with Gasteiger partial charge in [0.15, 0.2) is 5.78 Å². The zero-order valence-electron chi connectivity index (χ0n) is 13.8. The van der Waals surface area contributed by atoms with Gasteiger partial charge in [0.05, 0.1) is 18.1 Å². The van der Waals surface area contributed by atoms with Crippen LogP contribution in [0.15, 0.2) is 29.8 Å². The van der Waals surface area contributed by atoms with Crippen molar-refractivity contribution in [3.8, 4) is 11.5 Å². The number of allylic oxidation sites excluding steroid dienone is 2. The maximum absolute atomic E-state index is 12.3. The van der Waals surface area contributed by atoms with Crippen LogP contribution < -0.4 is 0 Å². The number of hydrogen-bond donors (Lipinski definition) is 2. The summed E-state index contributed by atoms with van der Waals surface area (Å²) >= 11 is 0. The molecular weight excluding hydrogens is 296 g/mol. The topological polar surface area (TPSA) is 83.8 Å². The van der Waals surface area contributed by atoms with E-state index in [4.69, 9.17) is 4.74 Å². The molecule has 0 radical (unpaired) electrons. The summed E-state index contributed by atoms with van der Waals surface area (Å²) < 4.78 is 5.03. The Morgan fingerprint density at radius 2 is 1.96 bits per heavy atom. The standard InChI is InChI=1S/C18H24O5/c1-4-23-18(22)13(7-5-6-12(2)3)10-17(21)15-11-14(19)8-9-16(15)20/h6,8-9,11,13,19-20H,4-5,7,10H2,1-3H3/t13-/m0/s1. The number of benzene rings is 1. The maximum atomic E-state index is 12.3.